The van der Waals surface area contributed by atoms with Crippen LogP contribution in [0.4, 0.5) is 11.4 Å². The Morgan fingerprint density at radius 2 is 1.75 bits per heavy atom. The fourth-order valence-corrected chi connectivity index (χ4v) is 0.962. The Hall–Kier alpha value is -1.46. The quantitative estimate of drug-likeness (QED) is 0.684. The average molecular weight is 225 g/mol. The van der Waals surface area contributed by atoms with E-state index in [0.29, 0.717) is 6.54 Å². The third-order valence-corrected chi connectivity index (χ3v) is 1.52. The summed E-state index contributed by atoms with van der Waals surface area (Å²) in [6.45, 7) is 2.63. The van der Waals surface area contributed by atoms with E-state index in [4.69, 9.17) is 10.2 Å². The zero-order valence-corrected chi connectivity index (χ0v) is 9.72. The highest BCUT2D eigenvalue weighted by Crippen LogP contribution is 2.15. The Bertz CT molecular complexity index is 286. The van der Waals surface area contributed by atoms with Crippen LogP contribution in [-0.4, -0.2) is 37.0 Å². The van der Waals surface area contributed by atoms with Crippen LogP contribution in [0.1, 0.15) is 6.92 Å². The summed E-state index contributed by atoms with van der Waals surface area (Å²) in [5.41, 5.74) is 1.81. The van der Waals surface area contributed by atoms with Gasteiger partial charge in [0.2, 0.25) is 0 Å². The molecule has 1 aromatic rings. The molecule has 0 unspecified atom stereocenters. The van der Waals surface area contributed by atoms with E-state index in [2.05, 4.69) is 15.5 Å². The van der Waals surface area contributed by atoms with E-state index in [1.165, 1.54) is 0 Å². The minimum atomic E-state index is 0.135. The van der Waals surface area contributed by atoms with E-state index >= 15 is 0 Å². The first-order valence-electron chi connectivity index (χ1n) is 5.14. The zero-order valence-electron chi connectivity index (χ0n) is 9.72. The van der Waals surface area contributed by atoms with Gasteiger partial charge >= 0.3 is 0 Å². The van der Waals surface area contributed by atoms with Gasteiger partial charge in [-0.3, -0.25) is 0 Å². The number of rotatable bonds is 4. The van der Waals surface area contributed by atoms with Crippen molar-refractivity contribution in [2.75, 3.05) is 32.1 Å². The van der Waals surface area contributed by atoms with Crippen LogP contribution in [0.15, 0.2) is 34.5 Å². The Balaban J connectivity index is 0.000000673. The molecule has 1 rings (SSSR count). The largest absolute Gasteiger partial charge is 0.397 e. The van der Waals surface area contributed by atoms with Crippen molar-refractivity contribution in [1.82, 2.24) is 0 Å². The lowest BCUT2D eigenvalue weighted by Crippen LogP contribution is -2.04. The summed E-state index contributed by atoms with van der Waals surface area (Å²) < 4.78 is 0. The molecule has 5 nitrogen and oxygen atoms in total. The van der Waals surface area contributed by atoms with Gasteiger partial charge in [-0.2, -0.15) is 10.2 Å². The molecule has 90 valence electrons. The molecular weight excluding hydrogens is 206 g/mol. The summed E-state index contributed by atoms with van der Waals surface area (Å²) in [4.78, 5) is 0. The van der Waals surface area contributed by atoms with Crippen LogP contribution in [0.25, 0.3) is 0 Å². The number of aliphatic hydroxyl groups is 2. The number of benzene rings is 1. The number of azo groups is 1. The van der Waals surface area contributed by atoms with E-state index in [1.54, 1.807) is 14.0 Å². The highest BCUT2D eigenvalue weighted by atomic mass is 16.3. The number of hydrogen-bond donors (Lipinski definition) is 3. The predicted octanol–water partition coefficient (Wildman–Crippen LogP) is 1.80. The van der Waals surface area contributed by atoms with Gasteiger partial charge < -0.3 is 15.5 Å². The third kappa shape index (κ3) is 6.92. The lowest BCUT2D eigenvalue weighted by molar-refractivity contribution is 0.311. The monoisotopic (exact) mass is 225 g/mol. The molecule has 0 radical (unpaired) electrons. The lowest BCUT2D eigenvalue weighted by Gasteiger charge is -2.03. The molecule has 1 aromatic carbocycles. The van der Waals surface area contributed by atoms with Gasteiger partial charge in [0.15, 0.2) is 0 Å². The van der Waals surface area contributed by atoms with Crippen LogP contribution in [0.2, 0.25) is 0 Å². The number of anilines is 1. The van der Waals surface area contributed by atoms with Crippen LogP contribution < -0.4 is 5.32 Å². The summed E-state index contributed by atoms with van der Waals surface area (Å²) in [7, 11) is 1.64. The number of hydrogen-bond acceptors (Lipinski definition) is 5. The molecule has 0 aliphatic heterocycles. The van der Waals surface area contributed by atoms with Gasteiger partial charge in [0.25, 0.3) is 0 Å². The molecular formula is C11H19N3O2. The Morgan fingerprint density at radius 1 is 1.19 bits per heavy atom. The molecule has 0 aromatic heterocycles. The van der Waals surface area contributed by atoms with Crippen LogP contribution in [0.3, 0.4) is 0 Å². The molecule has 3 N–H and O–H groups in total. The summed E-state index contributed by atoms with van der Waals surface area (Å²) in [5, 5.41) is 26.7. The number of aliphatic hydroxyl groups excluding tert-OH is 2. The minimum Gasteiger partial charge on any atom is -0.397 e. The summed E-state index contributed by atoms with van der Waals surface area (Å²) in [5.74, 6) is 0. The number of nitrogens with zero attached hydrogens (tertiary/aromatic N) is 2. The second kappa shape index (κ2) is 10.1. The Labute approximate surface area is 95.8 Å². The molecule has 0 bridgehead atoms. The zero-order chi connectivity index (χ0) is 12.2. The fourth-order valence-electron chi connectivity index (χ4n) is 0.962. The molecule has 0 saturated carbocycles. The predicted molar refractivity (Wildman–Crippen MR) is 65.2 cm³/mol. The van der Waals surface area contributed by atoms with Crippen molar-refractivity contribution in [3.63, 3.8) is 0 Å². The van der Waals surface area contributed by atoms with Crippen molar-refractivity contribution in [3.05, 3.63) is 24.3 Å². The van der Waals surface area contributed by atoms with Crippen LogP contribution in [0.5, 0.6) is 0 Å². The molecule has 5 heteroatoms. The normalized spacial score (nSPS) is 9.75. The van der Waals surface area contributed by atoms with E-state index in [0.717, 1.165) is 11.4 Å². The van der Waals surface area contributed by atoms with Crippen LogP contribution in [0, 0.1) is 0 Å². The van der Waals surface area contributed by atoms with Crippen LogP contribution >= 0.6 is 0 Å². The molecule has 0 spiro atoms. The summed E-state index contributed by atoms with van der Waals surface area (Å²) in [6.07, 6.45) is 0. The first-order chi connectivity index (χ1) is 7.78. The highest BCUT2D eigenvalue weighted by molar-refractivity contribution is 5.50. The smallest absolute Gasteiger partial charge is 0.0853 e. The number of nitrogens with one attached hydrogen (secondary N) is 1. The molecule has 0 aliphatic carbocycles. The second-order valence-corrected chi connectivity index (χ2v) is 2.81. The van der Waals surface area contributed by atoms with E-state index in [9.17, 15) is 0 Å². The second-order valence-electron chi connectivity index (χ2n) is 2.81. The average Bonchev–Trinajstić information content (AvgIpc) is 2.30. The van der Waals surface area contributed by atoms with Crippen LogP contribution in [-0.2, 0) is 0 Å². The van der Waals surface area contributed by atoms with Gasteiger partial charge in [0.1, 0.15) is 0 Å². The van der Waals surface area contributed by atoms with Crippen molar-refractivity contribution in [1.29, 1.82) is 0 Å². The molecule has 0 atom stereocenters. The maximum Gasteiger partial charge on any atom is 0.0853 e. The standard InChI is InChI=1S/C9H13N3O.C2H6O/c1-10-12-9-4-2-8(3-5-9)11-6-7-13;1-2-3/h2-5,11,13H,6-7H2,1H3;3H,2H2,1H3. The van der Waals surface area contributed by atoms with Gasteiger partial charge in [0.05, 0.1) is 12.3 Å². The maximum atomic E-state index is 8.57. The summed E-state index contributed by atoms with van der Waals surface area (Å²) >= 11 is 0. The lowest BCUT2D eigenvalue weighted by atomic mass is 10.3. The van der Waals surface area contributed by atoms with Crippen molar-refractivity contribution in [2.24, 2.45) is 10.2 Å². The van der Waals surface area contributed by atoms with Gasteiger partial charge in [-0.1, -0.05) is 0 Å². The van der Waals surface area contributed by atoms with Gasteiger partial charge in [0, 0.05) is 25.9 Å². The van der Waals surface area contributed by atoms with E-state index in [-0.39, 0.29) is 13.2 Å². The van der Waals surface area contributed by atoms with Gasteiger partial charge in [-0.25, -0.2) is 0 Å². The first-order valence-corrected chi connectivity index (χ1v) is 5.14. The molecule has 0 saturated heterocycles. The topological polar surface area (TPSA) is 77.2 Å². The molecule has 16 heavy (non-hydrogen) atoms. The first kappa shape index (κ1) is 14.5. The highest BCUT2D eigenvalue weighted by Gasteiger charge is 1.91. The van der Waals surface area contributed by atoms with E-state index in [1.807, 2.05) is 24.3 Å². The SMILES string of the molecule is CCO.CN=Nc1ccc(NCCO)cc1. The maximum absolute atomic E-state index is 8.57. The molecule has 0 aliphatic rings. The Kier molecular flexibility index (Phi) is 9.15. The van der Waals surface area contributed by atoms with Gasteiger partial charge in [-0.15, -0.1) is 0 Å². The van der Waals surface area contributed by atoms with Gasteiger partial charge in [-0.05, 0) is 31.2 Å². The van der Waals surface area contributed by atoms with E-state index < -0.39 is 0 Å². The van der Waals surface area contributed by atoms with Crippen molar-refractivity contribution < 1.29 is 10.2 Å². The Morgan fingerprint density at radius 3 is 2.19 bits per heavy atom. The molecule has 0 amide bonds. The molecule has 0 heterocycles. The fraction of sp³-hybridized carbons (Fsp3) is 0.455. The molecule has 0 fully saturated rings. The minimum absolute atomic E-state index is 0.135. The van der Waals surface area contributed by atoms with Crippen molar-refractivity contribution in [2.45, 2.75) is 6.92 Å². The third-order valence-electron chi connectivity index (χ3n) is 1.52. The van der Waals surface area contributed by atoms with Crippen molar-refractivity contribution in [3.8, 4) is 0 Å². The van der Waals surface area contributed by atoms with Crippen molar-refractivity contribution >= 4 is 11.4 Å². The summed E-state index contributed by atoms with van der Waals surface area (Å²) in [6, 6.07) is 7.54.